The average Bonchev–Trinajstić information content (AvgIpc) is 2.84. The number of halogens is 1. The van der Waals surface area contributed by atoms with Crippen molar-refractivity contribution >= 4 is 27.3 Å². The lowest BCUT2D eigenvalue weighted by molar-refractivity contribution is 0.462. The topological polar surface area (TPSA) is 24.9 Å². The number of aryl methyl sites for hydroxylation is 2. The van der Waals surface area contributed by atoms with Crippen molar-refractivity contribution in [1.29, 1.82) is 0 Å². The minimum absolute atomic E-state index is 0.669. The lowest BCUT2D eigenvalue weighted by Crippen LogP contribution is -2.21. The molecule has 1 N–H and O–H groups in total. The standard InChI is InChI=1S/C16H21BrN2S/c1-12-16(20-11-19-12)8-5-14(10-18-2)9-13-3-6-15(17)7-4-13/h3-4,6-7,11,14,18H,5,8-10H2,1-2H3. The Morgan fingerprint density at radius 3 is 2.65 bits per heavy atom. The van der Waals surface area contributed by atoms with E-state index in [-0.39, 0.29) is 0 Å². The largest absolute Gasteiger partial charge is 0.319 e. The van der Waals surface area contributed by atoms with Crippen LogP contribution in [0.15, 0.2) is 34.2 Å². The number of hydrogen-bond acceptors (Lipinski definition) is 3. The van der Waals surface area contributed by atoms with E-state index in [2.05, 4.69) is 57.4 Å². The molecule has 0 bridgehead atoms. The maximum atomic E-state index is 4.33. The fourth-order valence-corrected chi connectivity index (χ4v) is 3.48. The van der Waals surface area contributed by atoms with Crippen LogP contribution in [0.3, 0.4) is 0 Å². The number of thiazole rings is 1. The third-order valence-electron chi connectivity index (χ3n) is 3.55. The number of aromatic nitrogens is 1. The lowest BCUT2D eigenvalue weighted by atomic mass is 9.94. The van der Waals surface area contributed by atoms with Gasteiger partial charge in [-0.3, -0.25) is 0 Å². The van der Waals surface area contributed by atoms with E-state index in [1.807, 2.05) is 12.6 Å². The fraction of sp³-hybridized carbons (Fsp3) is 0.438. The molecule has 0 radical (unpaired) electrons. The van der Waals surface area contributed by atoms with Crippen LogP contribution in [0.4, 0.5) is 0 Å². The molecule has 2 nitrogen and oxygen atoms in total. The SMILES string of the molecule is CNCC(CCc1scnc1C)Cc1ccc(Br)cc1. The normalized spacial score (nSPS) is 12.6. The van der Waals surface area contributed by atoms with E-state index in [4.69, 9.17) is 0 Å². The Morgan fingerprint density at radius 1 is 1.30 bits per heavy atom. The molecule has 20 heavy (non-hydrogen) atoms. The van der Waals surface area contributed by atoms with Crippen LogP contribution < -0.4 is 5.32 Å². The maximum absolute atomic E-state index is 4.33. The van der Waals surface area contributed by atoms with Crippen LogP contribution in [0.5, 0.6) is 0 Å². The molecule has 0 aliphatic carbocycles. The molecule has 2 rings (SSSR count). The molecule has 0 aliphatic heterocycles. The third kappa shape index (κ3) is 4.69. The van der Waals surface area contributed by atoms with Crippen LogP contribution in [-0.4, -0.2) is 18.6 Å². The van der Waals surface area contributed by atoms with E-state index in [1.165, 1.54) is 22.6 Å². The third-order valence-corrected chi connectivity index (χ3v) is 5.08. The summed E-state index contributed by atoms with van der Waals surface area (Å²) in [4.78, 5) is 5.76. The molecular formula is C16H21BrN2S. The van der Waals surface area contributed by atoms with Gasteiger partial charge in [0.15, 0.2) is 0 Å². The second-order valence-corrected chi connectivity index (χ2v) is 7.01. The molecule has 2 aromatic rings. The molecule has 108 valence electrons. The van der Waals surface area contributed by atoms with Crippen LogP contribution in [0.2, 0.25) is 0 Å². The molecule has 1 aromatic carbocycles. The van der Waals surface area contributed by atoms with Gasteiger partial charge in [-0.25, -0.2) is 4.98 Å². The van der Waals surface area contributed by atoms with Crippen molar-refractivity contribution in [1.82, 2.24) is 10.3 Å². The van der Waals surface area contributed by atoms with E-state index >= 15 is 0 Å². The van der Waals surface area contributed by atoms with Gasteiger partial charge in [-0.2, -0.15) is 0 Å². The molecular weight excluding hydrogens is 332 g/mol. The zero-order valence-electron chi connectivity index (χ0n) is 12.0. The first-order valence-electron chi connectivity index (χ1n) is 6.97. The summed E-state index contributed by atoms with van der Waals surface area (Å²) in [7, 11) is 2.03. The summed E-state index contributed by atoms with van der Waals surface area (Å²) in [5.74, 6) is 0.669. The highest BCUT2D eigenvalue weighted by Gasteiger charge is 2.11. The highest BCUT2D eigenvalue weighted by atomic mass is 79.9. The van der Waals surface area contributed by atoms with Crippen molar-refractivity contribution < 1.29 is 0 Å². The molecule has 0 spiro atoms. The predicted octanol–water partition coefficient (Wildman–Crippen LogP) is 4.22. The molecule has 0 saturated heterocycles. The minimum atomic E-state index is 0.669. The Morgan fingerprint density at radius 2 is 2.05 bits per heavy atom. The van der Waals surface area contributed by atoms with Crippen LogP contribution in [-0.2, 0) is 12.8 Å². The summed E-state index contributed by atoms with van der Waals surface area (Å²) in [6, 6.07) is 8.67. The van der Waals surface area contributed by atoms with E-state index in [9.17, 15) is 0 Å². The number of nitrogens with one attached hydrogen (secondary N) is 1. The number of hydrogen-bond donors (Lipinski definition) is 1. The zero-order chi connectivity index (χ0) is 14.4. The van der Waals surface area contributed by atoms with Crippen molar-refractivity contribution in [3.05, 3.63) is 50.4 Å². The van der Waals surface area contributed by atoms with Crippen molar-refractivity contribution in [2.24, 2.45) is 5.92 Å². The molecule has 4 heteroatoms. The molecule has 1 atom stereocenters. The van der Waals surface area contributed by atoms with E-state index < -0.39 is 0 Å². The van der Waals surface area contributed by atoms with Gasteiger partial charge in [0.2, 0.25) is 0 Å². The number of nitrogens with zero attached hydrogens (tertiary/aromatic N) is 1. The molecule has 1 aromatic heterocycles. The molecule has 0 aliphatic rings. The van der Waals surface area contributed by atoms with Crippen molar-refractivity contribution in [2.75, 3.05) is 13.6 Å². The molecule has 0 fully saturated rings. The highest BCUT2D eigenvalue weighted by Crippen LogP contribution is 2.20. The van der Waals surface area contributed by atoms with Gasteiger partial charge in [0.25, 0.3) is 0 Å². The second-order valence-electron chi connectivity index (χ2n) is 5.15. The van der Waals surface area contributed by atoms with Gasteiger partial charge in [0, 0.05) is 9.35 Å². The van der Waals surface area contributed by atoms with Crippen LogP contribution in [0.1, 0.15) is 22.6 Å². The van der Waals surface area contributed by atoms with Crippen LogP contribution in [0, 0.1) is 12.8 Å². The number of benzene rings is 1. The summed E-state index contributed by atoms with van der Waals surface area (Å²) >= 11 is 5.27. The lowest BCUT2D eigenvalue weighted by Gasteiger charge is -2.16. The first-order valence-corrected chi connectivity index (χ1v) is 8.64. The van der Waals surface area contributed by atoms with Gasteiger partial charge in [0.1, 0.15) is 0 Å². The van der Waals surface area contributed by atoms with E-state index in [1.54, 1.807) is 11.3 Å². The summed E-state index contributed by atoms with van der Waals surface area (Å²) in [6.07, 6.45) is 3.48. The smallest absolute Gasteiger partial charge is 0.0797 e. The first-order chi connectivity index (χ1) is 9.69. The zero-order valence-corrected chi connectivity index (χ0v) is 14.4. The van der Waals surface area contributed by atoms with Gasteiger partial charge in [0.05, 0.1) is 11.2 Å². The van der Waals surface area contributed by atoms with Crippen molar-refractivity contribution in [3.8, 4) is 0 Å². The Bertz CT molecular complexity index is 522. The van der Waals surface area contributed by atoms with Gasteiger partial charge in [-0.05, 0) is 63.4 Å². The Labute approximate surface area is 133 Å². The highest BCUT2D eigenvalue weighted by molar-refractivity contribution is 9.10. The predicted molar refractivity (Wildman–Crippen MR) is 90.4 cm³/mol. The summed E-state index contributed by atoms with van der Waals surface area (Å²) in [5, 5.41) is 3.32. The van der Waals surface area contributed by atoms with Crippen molar-refractivity contribution in [2.45, 2.75) is 26.2 Å². The molecule has 1 unspecified atom stereocenters. The fourth-order valence-electron chi connectivity index (χ4n) is 2.42. The summed E-state index contributed by atoms with van der Waals surface area (Å²) < 4.78 is 1.15. The Balaban J connectivity index is 1.93. The monoisotopic (exact) mass is 352 g/mol. The van der Waals surface area contributed by atoms with Crippen molar-refractivity contribution in [3.63, 3.8) is 0 Å². The van der Waals surface area contributed by atoms with Gasteiger partial charge in [-0.1, -0.05) is 28.1 Å². The summed E-state index contributed by atoms with van der Waals surface area (Å²) in [6.45, 7) is 3.17. The molecule has 1 heterocycles. The van der Waals surface area contributed by atoms with E-state index in [0.29, 0.717) is 5.92 Å². The second kappa shape index (κ2) is 7.91. The number of rotatable bonds is 7. The molecule has 0 saturated carbocycles. The van der Waals surface area contributed by atoms with E-state index in [0.717, 1.165) is 23.9 Å². The first kappa shape index (κ1) is 15.7. The van der Waals surface area contributed by atoms with Gasteiger partial charge < -0.3 is 5.32 Å². The Hall–Kier alpha value is -0.710. The maximum Gasteiger partial charge on any atom is 0.0797 e. The van der Waals surface area contributed by atoms with Gasteiger partial charge >= 0.3 is 0 Å². The minimum Gasteiger partial charge on any atom is -0.319 e. The molecule has 0 amide bonds. The Kier molecular flexibility index (Phi) is 6.20. The summed E-state index contributed by atoms with van der Waals surface area (Å²) in [5.41, 5.74) is 4.56. The van der Waals surface area contributed by atoms with Gasteiger partial charge in [-0.15, -0.1) is 11.3 Å². The average molecular weight is 353 g/mol. The van der Waals surface area contributed by atoms with Crippen LogP contribution >= 0.6 is 27.3 Å². The van der Waals surface area contributed by atoms with Crippen LogP contribution in [0.25, 0.3) is 0 Å². The quantitative estimate of drug-likeness (QED) is 0.806.